The molecule has 0 aromatic carbocycles. The van der Waals surface area contributed by atoms with Gasteiger partial charge in [0.2, 0.25) is 0 Å². The van der Waals surface area contributed by atoms with Gasteiger partial charge in [-0.1, -0.05) is 0 Å². The highest BCUT2D eigenvalue weighted by molar-refractivity contribution is 5.22. The fourth-order valence-corrected chi connectivity index (χ4v) is 1.71. The predicted molar refractivity (Wildman–Crippen MR) is 49.5 cm³/mol. The van der Waals surface area contributed by atoms with Gasteiger partial charge in [0.05, 0.1) is 0 Å². The molecule has 0 saturated heterocycles. The van der Waals surface area contributed by atoms with Gasteiger partial charge < -0.3 is 5.11 Å². The summed E-state index contributed by atoms with van der Waals surface area (Å²) in [6.45, 7) is 0.223. The largest absolute Gasteiger partial charge is 0.396 e. The predicted octanol–water partition coefficient (Wildman–Crippen LogP) is 0.890. The van der Waals surface area contributed by atoms with Crippen LogP contribution in [0.5, 0.6) is 0 Å². The van der Waals surface area contributed by atoms with Gasteiger partial charge >= 0.3 is 0 Å². The second-order valence-electron chi connectivity index (χ2n) is 3.44. The average molecular weight is 178 g/mol. The van der Waals surface area contributed by atoms with Gasteiger partial charge in [-0.15, -0.1) is 0 Å². The molecule has 2 rings (SSSR count). The fraction of sp³-hybridized carbons (Fsp3) is 0.600. The first-order chi connectivity index (χ1) is 6.40. The summed E-state index contributed by atoms with van der Waals surface area (Å²) in [6, 6.07) is 0. The molecule has 0 amide bonds. The zero-order chi connectivity index (χ0) is 9.10. The van der Waals surface area contributed by atoms with E-state index in [1.54, 1.807) is 0 Å². The third kappa shape index (κ3) is 1.86. The Hall–Kier alpha value is -0.960. The molecular weight excluding hydrogens is 164 g/mol. The highest BCUT2D eigenvalue weighted by Gasteiger charge is 2.12. The van der Waals surface area contributed by atoms with Crippen LogP contribution in [0.1, 0.15) is 29.9 Å². The summed E-state index contributed by atoms with van der Waals surface area (Å²) in [7, 11) is 0. The van der Waals surface area contributed by atoms with E-state index < -0.39 is 0 Å². The van der Waals surface area contributed by atoms with Gasteiger partial charge in [-0.2, -0.15) is 0 Å². The molecule has 3 nitrogen and oxygen atoms in total. The third-order valence-electron chi connectivity index (χ3n) is 2.42. The van der Waals surface area contributed by atoms with E-state index in [2.05, 4.69) is 9.97 Å². The Bertz CT molecular complexity index is 299. The van der Waals surface area contributed by atoms with Crippen molar-refractivity contribution in [2.45, 2.75) is 32.1 Å². The highest BCUT2D eigenvalue weighted by Crippen LogP contribution is 2.18. The Morgan fingerprint density at radius 2 is 2.31 bits per heavy atom. The van der Waals surface area contributed by atoms with Crippen molar-refractivity contribution in [3.05, 3.63) is 23.3 Å². The molecule has 0 fully saturated rings. The van der Waals surface area contributed by atoms with Crippen LogP contribution in [0.25, 0.3) is 0 Å². The minimum Gasteiger partial charge on any atom is -0.396 e. The first-order valence-electron chi connectivity index (χ1n) is 4.84. The van der Waals surface area contributed by atoms with Crippen molar-refractivity contribution in [2.24, 2.45) is 0 Å². The maximum absolute atomic E-state index is 8.67. The van der Waals surface area contributed by atoms with E-state index >= 15 is 0 Å². The minimum atomic E-state index is 0.223. The quantitative estimate of drug-likeness (QED) is 0.747. The number of hydrogen-bond acceptors (Lipinski definition) is 3. The summed E-state index contributed by atoms with van der Waals surface area (Å²) in [5, 5.41) is 8.67. The second kappa shape index (κ2) is 3.83. The Morgan fingerprint density at radius 3 is 3.15 bits per heavy atom. The molecule has 1 aromatic rings. The standard InChI is InChI=1S/C10H14N2O/c13-6-2-5-10-11-7-8-3-1-4-9(8)12-10/h7,13H,1-6H2. The van der Waals surface area contributed by atoms with Gasteiger partial charge in [0.25, 0.3) is 0 Å². The lowest BCUT2D eigenvalue weighted by atomic mass is 10.2. The van der Waals surface area contributed by atoms with Crippen molar-refractivity contribution < 1.29 is 5.11 Å². The van der Waals surface area contributed by atoms with Gasteiger partial charge in [0, 0.05) is 24.9 Å². The molecule has 0 saturated carbocycles. The molecule has 0 atom stereocenters. The summed E-state index contributed by atoms with van der Waals surface area (Å²) >= 11 is 0. The number of fused-ring (bicyclic) bond motifs is 1. The van der Waals surface area contributed by atoms with Crippen LogP contribution in [0.3, 0.4) is 0 Å². The van der Waals surface area contributed by atoms with E-state index in [0.717, 1.165) is 31.5 Å². The van der Waals surface area contributed by atoms with E-state index in [1.807, 2.05) is 6.20 Å². The van der Waals surface area contributed by atoms with Crippen LogP contribution in [-0.4, -0.2) is 21.7 Å². The van der Waals surface area contributed by atoms with Crippen molar-refractivity contribution in [1.29, 1.82) is 0 Å². The zero-order valence-corrected chi connectivity index (χ0v) is 7.66. The van der Waals surface area contributed by atoms with Gasteiger partial charge in [-0.05, 0) is 31.2 Å². The molecule has 1 aliphatic carbocycles. The SMILES string of the molecule is OCCCc1ncc2c(n1)CCC2. The zero-order valence-electron chi connectivity index (χ0n) is 7.66. The minimum absolute atomic E-state index is 0.223. The summed E-state index contributed by atoms with van der Waals surface area (Å²) in [5.41, 5.74) is 2.54. The number of aliphatic hydroxyl groups is 1. The molecule has 1 aliphatic rings. The number of rotatable bonds is 3. The van der Waals surface area contributed by atoms with Gasteiger partial charge in [-0.3, -0.25) is 0 Å². The number of aryl methyl sites for hydroxylation is 3. The third-order valence-corrected chi connectivity index (χ3v) is 2.42. The number of hydrogen-bond donors (Lipinski definition) is 1. The van der Waals surface area contributed by atoms with Crippen LogP contribution < -0.4 is 0 Å². The monoisotopic (exact) mass is 178 g/mol. The van der Waals surface area contributed by atoms with Crippen LogP contribution in [0.2, 0.25) is 0 Å². The summed E-state index contributed by atoms with van der Waals surface area (Å²) < 4.78 is 0. The van der Waals surface area contributed by atoms with Crippen LogP contribution in [0.4, 0.5) is 0 Å². The van der Waals surface area contributed by atoms with Crippen molar-refractivity contribution in [1.82, 2.24) is 9.97 Å². The van der Waals surface area contributed by atoms with E-state index in [0.29, 0.717) is 0 Å². The van der Waals surface area contributed by atoms with Crippen LogP contribution in [-0.2, 0) is 19.3 Å². The molecule has 1 heterocycles. The smallest absolute Gasteiger partial charge is 0.128 e. The van der Waals surface area contributed by atoms with Crippen molar-refractivity contribution in [2.75, 3.05) is 6.61 Å². The van der Waals surface area contributed by atoms with Crippen molar-refractivity contribution in [3.8, 4) is 0 Å². The molecule has 0 spiro atoms. The van der Waals surface area contributed by atoms with E-state index in [9.17, 15) is 0 Å². The van der Waals surface area contributed by atoms with Crippen molar-refractivity contribution in [3.63, 3.8) is 0 Å². The topological polar surface area (TPSA) is 46.0 Å². The molecule has 1 N–H and O–H groups in total. The van der Waals surface area contributed by atoms with E-state index in [1.165, 1.54) is 17.7 Å². The molecule has 70 valence electrons. The van der Waals surface area contributed by atoms with Crippen LogP contribution >= 0.6 is 0 Å². The Labute approximate surface area is 77.8 Å². The molecule has 13 heavy (non-hydrogen) atoms. The summed E-state index contributed by atoms with van der Waals surface area (Å²) in [6.07, 6.45) is 6.96. The normalized spacial score (nSPS) is 14.5. The van der Waals surface area contributed by atoms with Gasteiger partial charge in [0.15, 0.2) is 0 Å². The maximum Gasteiger partial charge on any atom is 0.128 e. The molecule has 0 bridgehead atoms. The number of nitrogens with zero attached hydrogens (tertiary/aromatic N) is 2. The Kier molecular flexibility index (Phi) is 2.54. The van der Waals surface area contributed by atoms with Gasteiger partial charge in [-0.25, -0.2) is 9.97 Å². The number of aliphatic hydroxyl groups excluding tert-OH is 1. The highest BCUT2D eigenvalue weighted by atomic mass is 16.2. The lowest BCUT2D eigenvalue weighted by Gasteiger charge is -2.01. The maximum atomic E-state index is 8.67. The summed E-state index contributed by atoms with van der Waals surface area (Å²) in [4.78, 5) is 8.73. The molecule has 0 radical (unpaired) electrons. The Morgan fingerprint density at radius 1 is 1.38 bits per heavy atom. The lowest BCUT2D eigenvalue weighted by molar-refractivity contribution is 0.287. The van der Waals surface area contributed by atoms with E-state index in [4.69, 9.17) is 5.11 Å². The average Bonchev–Trinajstić information content (AvgIpc) is 2.61. The molecule has 3 heteroatoms. The lowest BCUT2D eigenvalue weighted by Crippen LogP contribution is -2.00. The molecular formula is C10H14N2O. The van der Waals surface area contributed by atoms with Crippen molar-refractivity contribution >= 4 is 0 Å². The second-order valence-corrected chi connectivity index (χ2v) is 3.44. The summed E-state index contributed by atoms with van der Waals surface area (Å²) in [5.74, 6) is 0.884. The first kappa shape index (κ1) is 8.63. The Balaban J connectivity index is 2.12. The first-order valence-corrected chi connectivity index (χ1v) is 4.84. The fourth-order valence-electron chi connectivity index (χ4n) is 1.71. The van der Waals surface area contributed by atoms with Crippen LogP contribution in [0, 0.1) is 0 Å². The van der Waals surface area contributed by atoms with Gasteiger partial charge in [0.1, 0.15) is 5.82 Å². The molecule has 1 aromatic heterocycles. The van der Waals surface area contributed by atoms with E-state index in [-0.39, 0.29) is 6.61 Å². The molecule has 0 aliphatic heterocycles. The van der Waals surface area contributed by atoms with Crippen LogP contribution in [0.15, 0.2) is 6.20 Å². The molecule has 0 unspecified atom stereocenters. The number of aromatic nitrogens is 2.